The maximum absolute atomic E-state index is 13.8. The first-order valence-corrected chi connectivity index (χ1v) is 5.59. The molecule has 0 bridgehead atoms. The average Bonchev–Trinajstić information content (AvgIpc) is 2.38. The number of hydrogen-bond acceptors (Lipinski definition) is 4. The number of morpholine rings is 1. The third-order valence-electron chi connectivity index (χ3n) is 2.81. The molecule has 0 aliphatic carbocycles. The zero-order valence-electron chi connectivity index (χ0n) is 9.66. The van der Waals surface area contributed by atoms with Gasteiger partial charge in [-0.3, -0.25) is 4.79 Å². The van der Waals surface area contributed by atoms with E-state index in [0.29, 0.717) is 26.3 Å². The van der Waals surface area contributed by atoms with Crippen LogP contribution in [0.5, 0.6) is 0 Å². The molecule has 1 fully saturated rings. The summed E-state index contributed by atoms with van der Waals surface area (Å²) < 4.78 is 32.8. The first-order chi connectivity index (χ1) is 8.63. The van der Waals surface area contributed by atoms with Gasteiger partial charge in [0.1, 0.15) is 23.9 Å². The minimum Gasteiger partial charge on any atom is -0.388 e. The van der Waals surface area contributed by atoms with Crippen LogP contribution in [-0.4, -0.2) is 43.8 Å². The van der Waals surface area contributed by atoms with Crippen molar-refractivity contribution in [3.8, 4) is 0 Å². The van der Waals surface area contributed by atoms with Gasteiger partial charge < -0.3 is 14.7 Å². The van der Waals surface area contributed by atoms with Crippen LogP contribution >= 0.6 is 0 Å². The summed E-state index contributed by atoms with van der Waals surface area (Å²) in [6, 6.07) is 1.90. The molecule has 2 rings (SSSR count). The van der Waals surface area contributed by atoms with Gasteiger partial charge in [0.2, 0.25) is 0 Å². The molecule has 0 aromatic heterocycles. The van der Waals surface area contributed by atoms with Crippen LogP contribution < -0.4 is 4.90 Å². The summed E-state index contributed by atoms with van der Waals surface area (Å²) in [6.07, 6.45) is 0. The number of hydrogen-bond donors (Lipinski definition) is 1. The lowest BCUT2D eigenvalue weighted by atomic mass is 10.1. The molecule has 6 heteroatoms. The lowest BCUT2D eigenvalue weighted by Crippen LogP contribution is -2.37. The van der Waals surface area contributed by atoms with Crippen molar-refractivity contribution in [3.63, 3.8) is 0 Å². The van der Waals surface area contributed by atoms with Crippen LogP contribution in [0.15, 0.2) is 12.1 Å². The molecular weight excluding hydrogens is 244 g/mol. The molecule has 18 heavy (non-hydrogen) atoms. The van der Waals surface area contributed by atoms with Gasteiger partial charge in [-0.25, -0.2) is 8.78 Å². The Morgan fingerprint density at radius 2 is 1.83 bits per heavy atom. The van der Waals surface area contributed by atoms with E-state index in [9.17, 15) is 13.6 Å². The summed E-state index contributed by atoms with van der Waals surface area (Å²) in [6.45, 7) is 0.866. The molecule has 1 aliphatic rings. The number of rotatable bonds is 3. The van der Waals surface area contributed by atoms with Gasteiger partial charge in [-0.1, -0.05) is 0 Å². The lowest BCUT2D eigenvalue weighted by Gasteiger charge is -2.29. The van der Waals surface area contributed by atoms with Crippen LogP contribution in [-0.2, 0) is 4.74 Å². The number of ketones is 1. The van der Waals surface area contributed by atoms with Crippen molar-refractivity contribution in [2.45, 2.75) is 0 Å². The minimum atomic E-state index is -0.798. The van der Waals surface area contributed by atoms with Crippen molar-refractivity contribution in [3.05, 3.63) is 29.3 Å². The van der Waals surface area contributed by atoms with E-state index in [4.69, 9.17) is 9.84 Å². The predicted octanol–water partition coefficient (Wildman–Crippen LogP) is 0.976. The Hall–Kier alpha value is -1.53. The van der Waals surface area contributed by atoms with E-state index in [1.165, 1.54) is 0 Å². The summed E-state index contributed by atoms with van der Waals surface area (Å²) in [5.41, 5.74) is -0.308. The predicted molar refractivity (Wildman–Crippen MR) is 60.8 cm³/mol. The third kappa shape index (κ3) is 2.49. The van der Waals surface area contributed by atoms with E-state index >= 15 is 0 Å². The van der Waals surface area contributed by atoms with Gasteiger partial charge in [-0.15, -0.1) is 0 Å². The number of aliphatic hydroxyl groups excluding tert-OH is 1. The standard InChI is InChI=1S/C12H13F2NO3/c13-9-5-8(11(17)7-16)6-10(14)12(9)15-1-3-18-4-2-15/h5-6,16H,1-4,7H2. The summed E-state index contributed by atoms with van der Waals surface area (Å²) in [5.74, 6) is -2.30. The van der Waals surface area contributed by atoms with Crippen molar-refractivity contribution < 1.29 is 23.4 Å². The zero-order chi connectivity index (χ0) is 13.1. The summed E-state index contributed by atoms with van der Waals surface area (Å²) in [4.78, 5) is 12.7. The van der Waals surface area contributed by atoms with Gasteiger partial charge in [0, 0.05) is 18.7 Å². The maximum Gasteiger partial charge on any atom is 0.188 e. The molecule has 0 amide bonds. The van der Waals surface area contributed by atoms with Crippen LogP contribution in [0.25, 0.3) is 0 Å². The van der Waals surface area contributed by atoms with Gasteiger partial charge in [0.25, 0.3) is 0 Å². The molecule has 1 saturated heterocycles. The van der Waals surface area contributed by atoms with Crippen LogP contribution in [0.2, 0.25) is 0 Å². The molecule has 0 spiro atoms. The molecule has 98 valence electrons. The van der Waals surface area contributed by atoms with Crippen LogP contribution in [0.3, 0.4) is 0 Å². The monoisotopic (exact) mass is 257 g/mol. The number of carbonyl (C=O) groups is 1. The highest BCUT2D eigenvalue weighted by molar-refractivity contribution is 5.97. The third-order valence-corrected chi connectivity index (χ3v) is 2.81. The first-order valence-electron chi connectivity index (χ1n) is 5.59. The summed E-state index contributed by atoms with van der Waals surface area (Å²) >= 11 is 0. The van der Waals surface area contributed by atoms with Gasteiger partial charge in [-0.05, 0) is 12.1 Å². The Morgan fingerprint density at radius 1 is 1.28 bits per heavy atom. The fourth-order valence-electron chi connectivity index (χ4n) is 1.91. The molecule has 4 nitrogen and oxygen atoms in total. The Bertz CT molecular complexity index is 436. The normalized spacial score (nSPS) is 15.8. The van der Waals surface area contributed by atoms with Gasteiger partial charge >= 0.3 is 0 Å². The lowest BCUT2D eigenvalue weighted by molar-refractivity contribution is 0.0902. The molecule has 1 aromatic carbocycles. The smallest absolute Gasteiger partial charge is 0.188 e. The molecule has 0 saturated carbocycles. The molecule has 0 unspecified atom stereocenters. The van der Waals surface area contributed by atoms with Crippen molar-refractivity contribution >= 4 is 11.5 Å². The van der Waals surface area contributed by atoms with E-state index in [2.05, 4.69) is 0 Å². The number of Topliss-reactive ketones (excluding diaryl/α,β-unsaturated/α-hetero) is 1. The van der Waals surface area contributed by atoms with E-state index in [1.54, 1.807) is 4.90 Å². The number of aliphatic hydroxyl groups is 1. The highest BCUT2D eigenvalue weighted by Gasteiger charge is 2.21. The Labute approximate surface area is 103 Å². The molecule has 1 N–H and O–H groups in total. The van der Waals surface area contributed by atoms with E-state index < -0.39 is 24.0 Å². The average molecular weight is 257 g/mol. The van der Waals surface area contributed by atoms with Crippen LogP contribution in [0.1, 0.15) is 10.4 Å². The van der Waals surface area contributed by atoms with Gasteiger partial charge in [0.15, 0.2) is 5.78 Å². The number of anilines is 1. The molecule has 0 atom stereocenters. The SMILES string of the molecule is O=C(CO)c1cc(F)c(N2CCOCC2)c(F)c1. The van der Waals surface area contributed by atoms with E-state index in [1.807, 2.05) is 0 Å². The van der Waals surface area contributed by atoms with Crippen molar-refractivity contribution in [1.82, 2.24) is 0 Å². The second-order valence-electron chi connectivity index (χ2n) is 3.97. The molecule has 1 heterocycles. The zero-order valence-corrected chi connectivity index (χ0v) is 9.66. The van der Waals surface area contributed by atoms with Crippen LogP contribution in [0.4, 0.5) is 14.5 Å². The number of carbonyl (C=O) groups excluding carboxylic acids is 1. The number of benzene rings is 1. The molecule has 0 radical (unpaired) electrons. The Balaban J connectivity index is 2.34. The second-order valence-corrected chi connectivity index (χ2v) is 3.97. The van der Waals surface area contributed by atoms with Crippen molar-refractivity contribution in [2.24, 2.45) is 0 Å². The topological polar surface area (TPSA) is 49.8 Å². The summed E-state index contributed by atoms with van der Waals surface area (Å²) in [5, 5.41) is 8.67. The first kappa shape index (κ1) is 12.9. The van der Waals surface area contributed by atoms with E-state index in [-0.39, 0.29) is 11.3 Å². The Morgan fingerprint density at radius 3 is 2.33 bits per heavy atom. The fourth-order valence-corrected chi connectivity index (χ4v) is 1.91. The molecule has 1 aromatic rings. The number of halogens is 2. The highest BCUT2D eigenvalue weighted by Crippen LogP contribution is 2.26. The van der Waals surface area contributed by atoms with Crippen molar-refractivity contribution in [2.75, 3.05) is 37.8 Å². The van der Waals surface area contributed by atoms with Crippen LogP contribution in [0, 0.1) is 11.6 Å². The van der Waals surface area contributed by atoms with Crippen molar-refractivity contribution in [1.29, 1.82) is 0 Å². The largest absolute Gasteiger partial charge is 0.388 e. The quantitative estimate of drug-likeness (QED) is 0.820. The Kier molecular flexibility index (Phi) is 3.88. The molecule has 1 aliphatic heterocycles. The van der Waals surface area contributed by atoms with Gasteiger partial charge in [0.05, 0.1) is 13.2 Å². The number of nitrogens with zero attached hydrogens (tertiary/aromatic N) is 1. The summed E-state index contributed by atoms with van der Waals surface area (Å²) in [7, 11) is 0. The fraction of sp³-hybridized carbons (Fsp3) is 0.417. The maximum atomic E-state index is 13.8. The number of ether oxygens (including phenoxy) is 1. The molecular formula is C12H13F2NO3. The minimum absolute atomic E-state index is 0.146. The van der Waals surface area contributed by atoms with Gasteiger partial charge in [-0.2, -0.15) is 0 Å². The van der Waals surface area contributed by atoms with E-state index in [0.717, 1.165) is 12.1 Å². The second kappa shape index (κ2) is 5.41. The highest BCUT2D eigenvalue weighted by atomic mass is 19.1.